The van der Waals surface area contributed by atoms with Gasteiger partial charge in [-0.05, 0) is 23.3 Å². The number of tetrazole rings is 1. The molecule has 1 atom stereocenters. The average Bonchev–Trinajstić information content (AvgIpc) is 2.62. The maximum atomic E-state index is 5.65. The molecule has 1 aliphatic rings. The summed E-state index contributed by atoms with van der Waals surface area (Å²) >= 11 is 0. The van der Waals surface area contributed by atoms with Gasteiger partial charge in [-0.15, -0.1) is 5.10 Å². The van der Waals surface area contributed by atoms with Crippen molar-refractivity contribution in [2.75, 3.05) is 13.1 Å². The highest BCUT2D eigenvalue weighted by atomic mass is 15.5. The summed E-state index contributed by atoms with van der Waals surface area (Å²) in [5, 5.41) is 11.7. The highest BCUT2D eigenvalue weighted by molar-refractivity contribution is 4.89. The van der Waals surface area contributed by atoms with Gasteiger partial charge in [-0.3, -0.25) is 4.90 Å². The van der Waals surface area contributed by atoms with Crippen LogP contribution >= 0.6 is 0 Å². The number of nitrogens with zero attached hydrogens (tertiary/aromatic N) is 5. The Labute approximate surface area is 89.4 Å². The van der Waals surface area contributed by atoms with E-state index < -0.39 is 0 Å². The molecule has 1 unspecified atom stereocenters. The maximum Gasteiger partial charge on any atom is 0.165 e. The monoisotopic (exact) mass is 210 g/mol. The first-order valence-corrected chi connectivity index (χ1v) is 5.54. The summed E-state index contributed by atoms with van der Waals surface area (Å²) < 4.78 is 1.88. The second-order valence-electron chi connectivity index (χ2n) is 3.97. The topological polar surface area (TPSA) is 72.9 Å². The number of likely N-dealkylation sites (tertiary alicyclic amines) is 1. The number of nitrogens with two attached hydrogens (primary N) is 1. The first-order valence-electron chi connectivity index (χ1n) is 5.54. The molecule has 6 heteroatoms. The Balaban J connectivity index is 1.95. The second kappa shape index (κ2) is 4.67. The molecule has 6 nitrogen and oxygen atoms in total. The van der Waals surface area contributed by atoms with Crippen molar-refractivity contribution in [3.8, 4) is 0 Å². The first kappa shape index (κ1) is 10.5. The Kier molecular flexibility index (Phi) is 3.27. The minimum atomic E-state index is 0.525. The van der Waals surface area contributed by atoms with Crippen molar-refractivity contribution < 1.29 is 0 Å². The Morgan fingerprint density at radius 1 is 1.53 bits per heavy atom. The van der Waals surface area contributed by atoms with Gasteiger partial charge in [0.1, 0.15) is 0 Å². The Morgan fingerprint density at radius 2 is 2.40 bits per heavy atom. The molecule has 0 amide bonds. The summed E-state index contributed by atoms with van der Waals surface area (Å²) in [6.07, 6.45) is 2.25. The van der Waals surface area contributed by atoms with E-state index in [-0.39, 0.29) is 0 Å². The van der Waals surface area contributed by atoms with E-state index in [0.717, 1.165) is 38.4 Å². The van der Waals surface area contributed by atoms with E-state index in [2.05, 4.69) is 27.3 Å². The predicted octanol–water partition coefficient (Wildman–Crippen LogP) is -0.384. The lowest BCUT2D eigenvalue weighted by Crippen LogP contribution is -2.51. The van der Waals surface area contributed by atoms with E-state index in [9.17, 15) is 0 Å². The molecular weight excluding hydrogens is 192 g/mol. The minimum absolute atomic E-state index is 0.525. The first-order chi connectivity index (χ1) is 7.35. The Hall–Kier alpha value is -1.01. The molecular formula is C9H18N6. The lowest BCUT2D eigenvalue weighted by atomic mass is 10.0. The fraction of sp³-hybridized carbons (Fsp3) is 0.889. The third-order valence-electron chi connectivity index (χ3n) is 2.92. The summed E-state index contributed by atoms with van der Waals surface area (Å²) in [7, 11) is 0. The van der Waals surface area contributed by atoms with Crippen LogP contribution in [0.5, 0.6) is 0 Å². The van der Waals surface area contributed by atoms with Crippen molar-refractivity contribution >= 4 is 0 Å². The molecule has 0 aliphatic carbocycles. The van der Waals surface area contributed by atoms with Crippen molar-refractivity contribution in [3.05, 3.63) is 5.82 Å². The lowest BCUT2D eigenvalue weighted by molar-refractivity contribution is 0.0831. The number of aromatic nitrogens is 4. The number of hydrogen-bond donors (Lipinski definition) is 1. The molecule has 2 rings (SSSR count). The fourth-order valence-electron chi connectivity index (χ4n) is 1.87. The molecule has 0 saturated carbocycles. The molecule has 84 valence electrons. The van der Waals surface area contributed by atoms with E-state index >= 15 is 0 Å². The van der Waals surface area contributed by atoms with Gasteiger partial charge in [0, 0.05) is 25.7 Å². The summed E-state index contributed by atoms with van der Waals surface area (Å²) in [5.41, 5.74) is 5.65. The maximum absolute atomic E-state index is 5.65. The quantitative estimate of drug-likeness (QED) is 0.717. The van der Waals surface area contributed by atoms with Crippen LogP contribution < -0.4 is 5.73 Å². The average molecular weight is 210 g/mol. The van der Waals surface area contributed by atoms with Gasteiger partial charge in [0.25, 0.3) is 0 Å². The third kappa shape index (κ3) is 2.15. The molecule has 2 N–H and O–H groups in total. The summed E-state index contributed by atoms with van der Waals surface area (Å²) in [5.74, 6) is 0.954. The molecule has 1 aromatic heterocycles. The lowest BCUT2D eigenvalue weighted by Gasteiger charge is -2.39. The molecule has 15 heavy (non-hydrogen) atoms. The van der Waals surface area contributed by atoms with Crippen LogP contribution in [0.2, 0.25) is 0 Å². The highest BCUT2D eigenvalue weighted by Gasteiger charge is 2.27. The van der Waals surface area contributed by atoms with Gasteiger partial charge in [0.2, 0.25) is 0 Å². The molecule has 2 heterocycles. The summed E-state index contributed by atoms with van der Waals surface area (Å²) in [6, 6.07) is 0.525. The van der Waals surface area contributed by atoms with Crippen molar-refractivity contribution in [1.29, 1.82) is 0 Å². The Morgan fingerprint density at radius 3 is 3.00 bits per heavy atom. The number of aryl methyl sites for hydroxylation is 1. The zero-order valence-electron chi connectivity index (χ0n) is 9.13. The van der Waals surface area contributed by atoms with Crippen molar-refractivity contribution in [2.24, 2.45) is 5.73 Å². The highest BCUT2D eigenvalue weighted by Crippen LogP contribution is 2.18. The van der Waals surface area contributed by atoms with Gasteiger partial charge in [0.15, 0.2) is 5.82 Å². The van der Waals surface area contributed by atoms with Crippen LogP contribution in [-0.4, -0.2) is 44.2 Å². The van der Waals surface area contributed by atoms with Crippen LogP contribution in [0, 0.1) is 0 Å². The number of rotatable bonds is 5. The fourth-order valence-corrected chi connectivity index (χ4v) is 1.87. The van der Waals surface area contributed by atoms with Gasteiger partial charge >= 0.3 is 0 Å². The van der Waals surface area contributed by atoms with E-state index in [0.29, 0.717) is 6.04 Å². The van der Waals surface area contributed by atoms with Gasteiger partial charge in [-0.1, -0.05) is 6.92 Å². The predicted molar refractivity (Wildman–Crippen MR) is 56.0 cm³/mol. The minimum Gasteiger partial charge on any atom is -0.329 e. The van der Waals surface area contributed by atoms with Crippen molar-refractivity contribution in [2.45, 2.75) is 38.9 Å². The second-order valence-corrected chi connectivity index (χ2v) is 3.97. The largest absolute Gasteiger partial charge is 0.329 e. The standard InChI is InChI=1S/C9H18N6/c1-2-4-15-9(11-12-13-15)7-14-5-3-8(14)6-10/h8H,2-7,10H2,1H3. The van der Waals surface area contributed by atoms with Crippen LogP contribution in [0.25, 0.3) is 0 Å². The normalized spacial score (nSPS) is 21.6. The van der Waals surface area contributed by atoms with Crippen molar-refractivity contribution in [1.82, 2.24) is 25.1 Å². The molecule has 0 spiro atoms. The van der Waals surface area contributed by atoms with E-state index in [1.165, 1.54) is 6.42 Å². The van der Waals surface area contributed by atoms with Gasteiger partial charge < -0.3 is 5.73 Å². The van der Waals surface area contributed by atoms with Crippen LogP contribution in [0.3, 0.4) is 0 Å². The molecule has 0 bridgehead atoms. The van der Waals surface area contributed by atoms with Crippen LogP contribution in [0.1, 0.15) is 25.6 Å². The molecule has 1 aromatic rings. The zero-order chi connectivity index (χ0) is 10.7. The molecule has 0 aromatic carbocycles. The molecule has 1 aliphatic heterocycles. The summed E-state index contributed by atoms with van der Waals surface area (Å²) in [6.45, 7) is 5.69. The summed E-state index contributed by atoms with van der Waals surface area (Å²) in [4.78, 5) is 2.33. The number of hydrogen-bond acceptors (Lipinski definition) is 5. The van der Waals surface area contributed by atoms with Gasteiger partial charge in [-0.2, -0.15) is 0 Å². The van der Waals surface area contributed by atoms with Gasteiger partial charge in [-0.25, -0.2) is 4.68 Å². The third-order valence-corrected chi connectivity index (χ3v) is 2.92. The smallest absolute Gasteiger partial charge is 0.165 e. The SMILES string of the molecule is CCCn1nnnc1CN1CCC1CN. The Bertz CT molecular complexity index is 307. The zero-order valence-corrected chi connectivity index (χ0v) is 9.13. The molecule has 1 fully saturated rings. The van der Waals surface area contributed by atoms with Gasteiger partial charge in [0.05, 0.1) is 6.54 Å². The van der Waals surface area contributed by atoms with Crippen LogP contribution in [0.15, 0.2) is 0 Å². The van der Waals surface area contributed by atoms with Crippen LogP contribution in [-0.2, 0) is 13.1 Å². The van der Waals surface area contributed by atoms with E-state index in [4.69, 9.17) is 5.73 Å². The van der Waals surface area contributed by atoms with E-state index in [1.54, 1.807) is 0 Å². The van der Waals surface area contributed by atoms with E-state index in [1.807, 2.05) is 4.68 Å². The van der Waals surface area contributed by atoms with Crippen molar-refractivity contribution in [3.63, 3.8) is 0 Å². The molecule has 1 saturated heterocycles. The molecule has 0 radical (unpaired) electrons. The van der Waals surface area contributed by atoms with Crippen LogP contribution in [0.4, 0.5) is 0 Å².